The van der Waals surface area contributed by atoms with Crippen molar-refractivity contribution in [3.63, 3.8) is 0 Å². The van der Waals surface area contributed by atoms with Gasteiger partial charge >= 0.3 is 160 Å². The van der Waals surface area contributed by atoms with Crippen LogP contribution in [0.25, 0.3) is 0 Å². The average molecular weight is 488 g/mol. The Kier molecular flexibility index (Phi) is 6.73. The number of hydrogen-bond donors (Lipinski definition) is 2. The number of halogens is 3. The summed E-state index contributed by atoms with van der Waals surface area (Å²) in [6.07, 6.45) is -4.24. The van der Waals surface area contributed by atoms with Crippen LogP contribution in [-0.4, -0.2) is 46.5 Å². The third-order valence-corrected chi connectivity index (χ3v) is 7.13. The topological polar surface area (TPSA) is 96.9 Å². The van der Waals surface area contributed by atoms with Crippen molar-refractivity contribution in [2.45, 2.75) is 29.4 Å². The van der Waals surface area contributed by atoms with Crippen LogP contribution in [0.15, 0.2) is 24.3 Å². The fraction of sp³-hybridized carbons (Fsp3) is 0.312. The number of carbonyl (C=O) groups excluding carboxylic acids is 2. The van der Waals surface area contributed by atoms with Crippen LogP contribution in [0.1, 0.15) is 29.3 Å². The van der Waals surface area contributed by atoms with Crippen molar-refractivity contribution in [3.05, 3.63) is 35.4 Å². The normalized spacial score (nSPS) is 11.4. The minimum absolute atomic E-state index is 0.0252. The van der Waals surface area contributed by atoms with Gasteiger partial charge in [0, 0.05) is 0 Å². The number of rotatable bonds is 5. The number of aromatic nitrogens is 3. The summed E-state index contributed by atoms with van der Waals surface area (Å²) in [6.45, 7) is 1.67. The number of amides is 2. The van der Waals surface area contributed by atoms with E-state index in [1.54, 1.807) is 6.92 Å². The molecule has 2 aromatic rings. The maximum absolute atomic E-state index is 12.6. The molecule has 0 spiro atoms. The van der Waals surface area contributed by atoms with E-state index in [4.69, 9.17) is 0 Å². The van der Waals surface area contributed by atoms with E-state index in [2.05, 4.69) is 25.6 Å². The zero-order chi connectivity index (χ0) is 20.2. The van der Waals surface area contributed by atoms with E-state index in [0.717, 1.165) is 24.3 Å². The fourth-order valence-corrected chi connectivity index (χ4v) is 4.13. The zero-order valence-electron chi connectivity index (χ0n) is 14.9. The Labute approximate surface area is 160 Å². The van der Waals surface area contributed by atoms with Gasteiger partial charge in [-0.25, -0.2) is 0 Å². The standard InChI is InChI=1S/C14H11F3N5O2.2CH3.Sn.H/c1-2-10(23)20-12-18-7-19-13(22-12)21-11(24)8-3-5-9(6-4-8)14(15,16)17;;;;/h3-6H,2H2,1H3,(H2,18,19,20,21,22,23,24);2*1H3;;. The van der Waals surface area contributed by atoms with E-state index >= 15 is 0 Å². The number of anilines is 2. The summed E-state index contributed by atoms with van der Waals surface area (Å²) in [4.78, 5) is 40.3. The number of nitrogens with zero attached hydrogens (tertiary/aromatic N) is 3. The van der Waals surface area contributed by atoms with Gasteiger partial charge in [-0.2, -0.15) is 0 Å². The van der Waals surface area contributed by atoms with Gasteiger partial charge in [0.1, 0.15) is 0 Å². The van der Waals surface area contributed by atoms with Crippen molar-refractivity contribution < 1.29 is 22.8 Å². The molecule has 1 aromatic heterocycles. The molecule has 1 heterocycles. The van der Waals surface area contributed by atoms with E-state index in [1.807, 2.05) is 9.88 Å². The van der Waals surface area contributed by atoms with Crippen molar-refractivity contribution in [2.75, 3.05) is 10.6 Å². The first-order valence-electron chi connectivity index (χ1n) is 8.14. The Morgan fingerprint density at radius 2 is 1.56 bits per heavy atom. The van der Waals surface area contributed by atoms with Gasteiger partial charge in [-0.1, -0.05) is 0 Å². The first-order chi connectivity index (χ1) is 12.6. The Morgan fingerprint density at radius 3 is 2.04 bits per heavy atom. The van der Waals surface area contributed by atoms with Crippen molar-refractivity contribution in [1.29, 1.82) is 0 Å². The first kappa shape index (κ1) is 21.1. The van der Waals surface area contributed by atoms with Crippen LogP contribution >= 0.6 is 0 Å². The molecule has 1 aromatic carbocycles. The summed E-state index contributed by atoms with van der Waals surface area (Å²) in [7, 11) is 0. The number of carbonyl (C=O) groups is 2. The van der Waals surface area contributed by atoms with Gasteiger partial charge in [-0.05, 0) is 0 Å². The molecular formula is C16H18F3N5O2Sn. The Hall–Kier alpha value is -2.24. The molecule has 0 saturated carbocycles. The van der Waals surface area contributed by atoms with Crippen LogP contribution in [0, 0.1) is 0 Å². The molecule has 0 aliphatic heterocycles. The van der Waals surface area contributed by atoms with Crippen LogP contribution in [-0.2, 0) is 11.0 Å². The summed E-state index contributed by atoms with van der Waals surface area (Å²) >= 11 is -2.18. The van der Waals surface area contributed by atoms with Crippen LogP contribution in [0.4, 0.5) is 25.1 Å². The van der Waals surface area contributed by atoms with E-state index < -0.39 is 37.4 Å². The van der Waals surface area contributed by atoms with Crippen LogP contribution in [0.2, 0.25) is 9.88 Å². The van der Waals surface area contributed by atoms with Crippen molar-refractivity contribution >= 4 is 47.3 Å². The summed E-state index contributed by atoms with van der Waals surface area (Å²) in [5.41, 5.74) is -0.822. The van der Waals surface area contributed by atoms with Gasteiger partial charge in [0.15, 0.2) is 0 Å². The molecule has 0 unspecified atom stereocenters. The van der Waals surface area contributed by atoms with E-state index in [1.165, 1.54) is 0 Å². The number of alkyl halides is 3. The van der Waals surface area contributed by atoms with Gasteiger partial charge < -0.3 is 0 Å². The van der Waals surface area contributed by atoms with Crippen molar-refractivity contribution in [1.82, 2.24) is 15.0 Å². The summed E-state index contributed by atoms with van der Waals surface area (Å²) < 4.78 is 38.4. The molecule has 0 atom stereocenters. The third-order valence-electron chi connectivity index (χ3n) is 3.44. The van der Waals surface area contributed by atoms with Crippen LogP contribution < -0.4 is 14.5 Å². The number of hydrogen-bond acceptors (Lipinski definition) is 5. The van der Waals surface area contributed by atoms with Gasteiger partial charge in [0.25, 0.3) is 0 Å². The Bertz CT molecular complexity index is 841. The Balaban J connectivity index is 2.24. The van der Waals surface area contributed by atoms with Crippen molar-refractivity contribution in [2.24, 2.45) is 0 Å². The molecular weight excluding hydrogens is 470 g/mol. The first-order valence-corrected chi connectivity index (χ1v) is 16.4. The van der Waals surface area contributed by atoms with Crippen LogP contribution in [0.3, 0.4) is 0 Å². The van der Waals surface area contributed by atoms with Gasteiger partial charge in [-0.3, -0.25) is 0 Å². The molecule has 2 N–H and O–H groups in total. The zero-order valence-corrected chi connectivity index (χ0v) is 18.2. The maximum atomic E-state index is 12.6. The minimum atomic E-state index is -4.48. The van der Waals surface area contributed by atoms with Gasteiger partial charge in [0.05, 0.1) is 0 Å². The predicted molar refractivity (Wildman–Crippen MR) is 96.7 cm³/mol. The monoisotopic (exact) mass is 489 g/mol. The molecule has 27 heavy (non-hydrogen) atoms. The molecule has 2 amide bonds. The summed E-state index contributed by atoms with van der Waals surface area (Å²) in [5.74, 6) is -0.958. The van der Waals surface area contributed by atoms with Crippen molar-refractivity contribution in [3.8, 4) is 0 Å². The molecule has 0 saturated heterocycles. The van der Waals surface area contributed by atoms with E-state index in [-0.39, 0.29) is 29.8 Å². The molecule has 0 radical (unpaired) electrons. The molecule has 0 bridgehead atoms. The molecule has 0 aliphatic carbocycles. The molecule has 0 fully saturated rings. The quantitative estimate of drug-likeness (QED) is 0.630. The van der Waals surface area contributed by atoms with Gasteiger partial charge in [0.2, 0.25) is 0 Å². The van der Waals surface area contributed by atoms with E-state index in [9.17, 15) is 22.8 Å². The second kappa shape index (κ2) is 8.63. The average Bonchev–Trinajstić information content (AvgIpc) is 2.60. The summed E-state index contributed by atoms with van der Waals surface area (Å²) in [6, 6.07) is 3.79. The molecule has 7 nitrogen and oxygen atoms in total. The fourth-order valence-electron chi connectivity index (χ4n) is 1.96. The number of benzene rings is 1. The Morgan fingerprint density at radius 1 is 1.00 bits per heavy atom. The molecule has 2 rings (SSSR count). The number of nitrogens with one attached hydrogen (secondary N) is 2. The predicted octanol–water partition coefficient (Wildman–Crippen LogP) is 2.18. The second-order valence-electron chi connectivity index (χ2n) is 5.93. The SMILES string of the molecule is CCC(=O)Nc1nc(NC(=O)c2ccc(C(F)(F)F)cc2)n[c]([SnH]([CH3])[CH3])n1. The molecule has 11 heteroatoms. The van der Waals surface area contributed by atoms with Crippen LogP contribution in [0.5, 0.6) is 0 Å². The van der Waals surface area contributed by atoms with Gasteiger partial charge in [-0.15, -0.1) is 0 Å². The third kappa shape index (κ3) is 5.87. The van der Waals surface area contributed by atoms with E-state index in [0.29, 0.717) is 3.84 Å². The second-order valence-corrected chi connectivity index (χ2v) is 14.0. The molecule has 144 valence electrons. The molecule has 0 aliphatic rings. The summed E-state index contributed by atoms with van der Waals surface area (Å²) in [5, 5.41) is 4.96.